The third-order valence-corrected chi connectivity index (χ3v) is 7.63. The molecule has 0 spiro atoms. The van der Waals surface area contributed by atoms with Gasteiger partial charge < -0.3 is 10.8 Å². The average molecular weight is 512 g/mol. The summed E-state index contributed by atoms with van der Waals surface area (Å²) < 4.78 is 2.69. The number of phenolic OH excluding ortho intramolecular Hbond substituents is 1. The first-order valence-electron chi connectivity index (χ1n) is 12.5. The van der Waals surface area contributed by atoms with Crippen LogP contribution in [0.5, 0.6) is 5.75 Å². The SMILES string of the molecule is C=C/C(C)=C\C=C/c1ccc2c(c1)sc1ccc3ccccc3c12.Nc1cccc(-c2ccccc2)c1O. The van der Waals surface area contributed by atoms with E-state index >= 15 is 0 Å². The van der Waals surface area contributed by atoms with E-state index in [-0.39, 0.29) is 5.75 Å². The molecular weight excluding hydrogens is 482 g/mol. The molecule has 0 amide bonds. The summed E-state index contributed by atoms with van der Waals surface area (Å²) in [4.78, 5) is 0. The maximum Gasteiger partial charge on any atom is 0.146 e. The van der Waals surface area contributed by atoms with E-state index in [4.69, 9.17) is 5.73 Å². The van der Waals surface area contributed by atoms with Gasteiger partial charge >= 0.3 is 0 Å². The maximum atomic E-state index is 9.73. The predicted octanol–water partition coefficient (Wildman–Crippen LogP) is 9.99. The van der Waals surface area contributed by atoms with Gasteiger partial charge in [-0.3, -0.25) is 0 Å². The highest BCUT2D eigenvalue weighted by Crippen LogP contribution is 2.39. The molecule has 0 atom stereocenters. The van der Waals surface area contributed by atoms with E-state index in [1.165, 1.54) is 42.1 Å². The van der Waals surface area contributed by atoms with Gasteiger partial charge in [0.2, 0.25) is 0 Å². The molecule has 3 heteroatoms. The zero-order valence-corrected chi connectivity index (χ0v) is 22.1. The smallest absolute Gasteiger partial charge is 0.146 e. The van der Waals surface area contributed by atoms with E-state index in [1.54, 1.807) is 6.07 Å². The van der Waals surface area contributed by atoms with Gasteiger partial charge in [0.25, 0.3) is 0 Å². The van der Waals surface area contributed by atoms with Crippen LogP contribution in [0.3, 0.4) is 0 Å². The molecule has 3 N–H and O–H groups in total. The van der Waals surface area contributed by atoms with Crippen LogP contribution in [0.15, 0.2) is 134 Å². The highest BCUT2D eigenvalue weighted by atomic mass is 32.1. The summed E-state index contributed by atoms with van der Waals surface area (Å²) in [5.74, 6) is 0.152. The molecule has 0 bridgehead atoms. The van der Waals surface area contributed by atoms with E-state index in [2.05, 4.69) is 86.3 Å². The lowest BCUT2D eigenvalue weighted by Gasteiger charge is -2.06. The molecule has 0 aliphatic carbocycles. The first-order chi connectivity index (χ1) is 18.5. The van der Waals surface area contributed by atoms with Crippen molar-refractivity contribution in [2.24, 2.45) is 0 Å². The number of nitrogens with two attached hydrogens (primary N) is 1. The van der Waals surface area contributed by atoms with Crippen molar-refractivity contribution in [3.8, 4) is 16.9 Å². The molecule has 5 aromatic carbocycles. The Kier molecular flexibility index (Phi) is 7.39. The van der Waals surface area contributed by atoms with Crippen molar-refractivity contribution in [3.05, 3.63) is 139 Å². The number of para-hydroxylation sites is 1. The number of hydrogen-bond acceptors (Lipinski definition) is 3. The van der Waals surface area contributed by atoms with E-state index < -0.39 is 0 Å². The van der Waals surface area contributed by atoms with Crippen molar-refractivity contribution >= 4 is 54.0 Å². The van der Waals surface area contributed by atoms with Gasteiger partial charge in [0, 0.05) is 25.7 Å². The minimum Gasteiger partial charge on any atom is -0.505 e. The summed E-state index contributed by atoms with van der Waals surface area (Å²) in [5, 5.41) is 15.1. The summed E-state index contributed by atoms with van der Waals surface area (Å²) >= 11 is 1.87. The van der Waals surface area contributed by atoms with Crippen molar-refractivity contribution in [3.63, 3.8) is 0 Å². The Morgan fingerprint density at radius 2 is 1.61 bits per heavy atom. The van der Waals surface area contributed by atoms with Gasteiger partial charge in [-0.25, -0.2) is 0 Å². The maximum absolute atomic E-state index is 9.73. The van der Waals surface area contributed by atoms with Gasteiger partial charge in [-0.15, -0.1) is 11.3 Å². The highest BCUT2D eigenvalue weighted by Gasteiger charge is 2.08. The molecule has 0 unspecified atom stereocenters. The molecule has 1 heterocycles. The third-order valence-electron chi connectivity index (χ3n) is 6.51. The summed E-state index contributed by atoms with van der Waals surface area (Å²) in [6.07, 6.45) is 8.18. The number of rotatable bonds is 4. The highest BCUT2D eigenvalue weighted by molar-refractivity contribution is 7.26. The minimum absolute atomic E-state index is 0.152. The van der Waals surface area contributed by atoms with Crippen molar-refractivity contribution < 1.29 is 5.11 Å². The zero-order chi connectivity index (χ0) is 26.5. The van der Waals surface area contributed by atoms with Crippen LogP contribution >= 0.6 is 11.3 Å². The van der Waals surface area contributed by atoms with Crippen LogP contribution < -0.4 is 5.73 Å². The van der Waals surface area contributed by atoms with E-state index in [0.29, 0.717) is 5.69 Å². The lowest BCUT2D eigenvalue weighted by molar-refractivity contribution is 0.480. The fraction of sp³-hybridized carbons (Fsp3) is 0.0286. The lowest BCUT2D eigenvalue weighted by Crippen LogP contribution is -1.87. The number of anilines is 1. The Morgan fingerprint density at radius 3 is 2.42 bits per heavy atom. The second kappa shape index (κ2) is 11.2. The number of fused-ring (bicyclic) bond motifs is 5. The van der Waals surface area contributed by atoms with Gasteiger partial charge in [0.1, 0.15) is 5.75 Å². The summed E-state index contributed by atoms with van der Waals surface area (Å²) in [5.41, 5.74) is 10.2. The molecule has 186 valence electrons. The summed E-state index contributed by atoms with van der Waals surface area (Å²) in [6.45, 7) is 5.83. The lowest BCUT2D eigenvalue weighted by atomic mass is 10.0. The number of phenols is 1. The molecular formula is C35H29NOS. The molecule has 6 aromatic rings. The predicted molar refractivity (Wildman–Crippen MR) is 168 cm³/mol. The topological polar surface area (TPSA) is 46.2 Å². The summed E-state index contributed by atoms with van der Waals surface area (Å²) in [7, 11) is 0. The molecule has 0 aliphatic rings. The Morgan fingerprint density at radius 1 is 0.816 bits per heavy atom. The number of benzene rings is 5. The molecule has 0 saturated heterocycles. The standard InChI is InChI=1S/C23H18S.C12H11NO/c1-3-16(2)7-6-8-17-11-13-20-22(15-17)24-21-14-12-18-9-4-5-10-19(18)23(20)21;13-11-8-4-7-10(12(11)14)9-5-2-1-3-6-9/h3-15H,1H2,2H3;1-8,14H,13H2/b8-6-,16-7-;. The molecule has 1 aromatic heterocycles. The van der Waals surface area contributed by atoms with Crippen molar-refractivity contribution in [1.29, 1.82) is 0 Å². The largest absolute Gasteiger partial charge is 0.505 e. The molecule has 2 nitrogen and oxygen atoms in total. The van der Waals surface area contributed by atoms with Crippen molar-refractivity contribution in [2.75, 3.05) is 5.73 Å². The Hall–Kier alpha value is -4.60. The average Bonchev–Trinajstić information content (AvgIpc) is 3.33. The monoisotopic (exact) mass is 511 g/mol. The van der Waals surface area contributed by atoms with Crippen LogP contribution in [-0.4, -0.2) is 5.11 Å². The number of aromatic hydroxyl groups is 1. The quantitative estimate of drug-likeness (QED) is 0.140. The molecule has 6 rings (SSSR count). The number of allylic oxidation sites excluding steroid dienone is 4. The fourth-order valence-corrected chi connectivity index (χ4v) is 5.63. The normalized spacial score (nSPS) is 11.7. The van der Waals surface area contributed by atoms with Crippen LogP contribution in [0, 0.1) is 0 Å². The minimum atomic E-state index is 0.152. The number of nitrogen functional groups attached to an aromatic ring is 1. The second-order valence-corrected chi connectivity index (χ2v) is 10.2. The van der Waals surface area contributed by atoms with E-state index in [9.17, 15) is 5.11 Å². The van der Waals surface area contributed by atoms with Gasteiger partial charge in [0.05, 0.1) is 5.69 Å². The van der Waals surface area contributed by atoms with Crippen LogP contribution in [0.2, 0.25) is 0 Å². The van der Waals surface area contributed by atoms with Crippen molar-refractivity contribution in [2.45, 2.75) is 6.92 Å². The van der Waals surface area contributed by atoms with E-state index in [0.717, 1.165) is 11.1 Å². The van der Waals surface area contributed by atoms with Gasteiger partial charge in [-0.1, -0.05) is 121 Å². The second-order valence-electron chi connectivity index (χ2n) is 9.10. The van der Waals surface area contributed by atoms with Crippen LogP contribution in [0.1, 0.15) is 12.5 Å². The van der Waals surface area contributed by atoms with Crippen LogP contribution in [0.25, 0.3) is 48.1 Å². The van der Waals surface area contributed by atoms with Gasteiger partial charge in [0.15, 0.2) is 0 Å². The van der Waals surface area contributed by atoms with Crippen LogP contribution in [0.4, 0.5) is 5.69 Å². The van der Waals surface area contributed by atoms with Gasteiger partial charge in [-0.05, 0) is 47.0 Å². The van der Waals surface area contributed by atoms with Gasteiger partial charge in [-0.2, -0.15) is 0 Å². The van der Waals surface area contributed by atoms with E-state index in [1.807, 2.05) is 59.9 Å². The first kappa shape index (κ1) is 25.1. The Bertz CT molecular complexity index is 1810. The number of hydrogen-bond donors (Lipinski definition) is 2. The fourth-order valence-electron chi connectivity index (χ4n) is 4.46. The molecule has 38 heavy (non-hydrogen) atoms. The Labute approximate surface area is 227 Å². The molecule has 0 saturated carbocycles. The summed E-state index contributed by atoms with van der Waals surface area (Å²) in [6, 6.07) is 34.9. The zero-order valence-electron chi connectivity index (χ0n) is 21.3. The molecule has 0 aliphatic heterocycles. The molecule has 0 radical (unpaired) electrons. The number of thiophene rings is 1. The van der Waals surface area contributed by atoms with Crippen LogP contribution in [-0.2, 0) is 0 Å². The Balaban J connectivity index is 0.000000179. The first-order valence-corrected chi connectivity index (χ1v) is 13.3. The third kappa shape index (κ3) is 5.24. The van der Waals surface area contributed by atoms with Crippen molar-refractivity contribution in [1.82, 2.24) is 0 Å². The molecule has 0 fully saturated rings.